The molecule has 7 heteroatoms. The van der Waals surface area contributed by atoms with Crippen molar-refractivity contribution < 1.29 is 4.74 Å². The highest BCUT2D eigenvalue weighted by atomic mass is 32.1. The summed E-state index contributed by atoms with van der Waals surface area (Å²) in [5.74, 6) is 0. The minimum atomic E-state index is 0.558. The highest BCUT2D eigenvalue weighted by Gasteiger charge is 2.09. The first-order chi connectivity index (χ1) is 9.74. The fourth-order valence-corrected chi connectivity index (χ4v) is 2.77. The quantitative estimate of drug-likeness (QED) is 0.486. The number of thiocarbonyl (C=S) groups is 1. The van der Waals surface area contributed by atoms with E-state index in [1.54, 1.807) is 17.6 Å². The highest BCUT2D eigenvalue weighted by Crippen LogP contribution is 2.12. The van der Waals surface area contributed by atoms with E-state index in [4.69, 9.17) is 17.0 Å². The SMILES string of the molecule is Cc1ccc(/C=N\NC(=S)NCCN2CCOCC2)s1. The number of thiophene rings is 1. The number of rotatable bonds is 5. The molecule has 20 heavy (non-hydrogen) atoms. The topological polar surface area (TPSA) is 48.9 Å². The maximum Gasteiger partial charge on any atom is 0.187 e. The van der Waals surface area contributed by atoms with Crippen molar-refractivity contribution in [3.8, 4) is 0 Å². The molecule has 5 nitrogen and oxygen atoms in total. The van der Waals surface area contributed by atoms with Crippen molar-refractivity contribution in [2.45, 2.75) is 6.92 Å². The molecule has 0 radical (unpaired) electrons. The van der Waals surface area contributed by atoms with Crippen LogP contribution in [0.1, 0.15) is 9.75 Å². The number of hydrogen-bond acceptors (Lipinski definition) is 5. The Bertz CT molecular complexity index is 455. The van der Waals surface area contributed by atoms with Crippen LogP contribution in [0.2, 0.25) is 0 Å². The van der Waals surface area contributed by atoms with Crippen molar-refractivity contribution in [1.29, 1.82) is 0 Å². The summed E-state index contributed by atoms with van der Waals surface area (Å²) in [5, 5.41) is 7.83. The molecule has 2 N–H and O–H groups in total. The molecule has 1 aliphatic heterocycles. The van der Waals surface area contributed by atoms with Crippen LogP contribution in [0.3, 0.4) is 0 Å². The average Bonchev–Trinajstić information content (AvgIpc) is 2.86. The van der Waals surface area contributed by atoms with Gasteiger partial charge in [0.05, 0.1) is 19.4 Å². The smallest absolute Gasteiger partial charge is 0.187 e. The minimum absolute atomic E-state index is 0.558. The van der Waals surface area contributed by atoms with Crippen LogP contribution in [-0.2, 0) is 4.74 Å². The number of hydrogen-bond donors (Lipinski definition) is 2. The molecule has 1 aromatic rings. The molecule has 0 spiro atoms. The van der Waals surface area contributed by atoms with Crippen LogP contribution < -0.4 is 10.7 Å². The van der Waals surface area contributed by atoms with Crippen LogP contribution >= 0.6 is 23.6 Å². The molecule has 0 atom stereocenters. The summed E-state index contributed by atoms with van der Waals surface area (Å²) < 4.78 is 5.31. The number of nitrogens with one attached hydrogen (secondary N) is 2. The lowest BCUT2D eigenvalue weighted by atomic mass is 10.4. The Morgan fingerprint density at radius 3 is 3.00 bits per heavy atom. The van der Waals surface area contributed by atoms with Gasteiger partial charge in [0.25, 0.3) is 0 Å². The first kappa shape index (κ1) is 15.4. The number of hydrazone groups is 1. The Hall–Kier alpha value is -1.02. The van der Waals surface area contributed by atoms with Gasteiger partial charge in [-0.25, -0.2) is 0 Å². The van der Waals surface area contributed by atoms with Crippen molar-refractivity contribution in [2.75, 3.05) is 39.4 Å². The van der Waals surface area contributed by atoms with Gasteiger partial charge in [0.1, 0.15) is 0 Å². The fraction of sp³-hybridized carbons (Fsp3) is 0.538. The van der Waals surface area contributed by atoms with E-state index in [0.29, 0.717) is 5.11 Å². The molecule has 1 fully saturated rings. The Kier molecular flexibility index (Phi) is 6.38. The van der Waals surface area contributed by atoms with Gasteiger partial charge in [-0.15, -0.1) is 11.3 Å². The molecule has 2 rings (SSSR count). The molecular formula is C13H20N4OS2. The van der Waals surface area contributed by atoms with E-state index >= 15 is 0 Å². The highest BCUT2D eigenvalue weighted by molar-refractivity contribution is 7.80. The summed E-state index contributed by atoms with van der Waals surface area (Å²) >= 11 is 6.87. The van der Waals surface area contributed by atoms with Crippen LogP contribution in [0, 0.1) is 6.92 Å². The molecule has 0 amide bonds. The van der Waals surface area contributed by atoms with E-state index in [-0.39, 0.29) is 0 Å². The molecule has 0 unspecified atom stereocenters. The second-order valence-corrected chi connectivity index (χ2v) is 6.26. The Morgan fingerprint density at radius 2 is 2.30 bits per heavy atom. The third-order valence-electron chi connectivity index (χ3n) is 2.94. The van der Waals surface area contributed by atoms with Gasteiger partial charge in [0.15, 0.2) is 5.11 Å². The molecule has 0 bridgehead atoms. The summed E-state index contributed by atoms with van der Waals surface area (Å²) in [5.41, 5.74) is 2.83. The fourth-order valence-electron chi connectivity index (χ4n) is 1.87. The zero-order valence-corrected chi connectivity index (χ0v) is 13.2. The average molecular weight is 312 g/mol. The van der Waals surface area contributed by atoms with Crippen LogP contribution in [0.4, 0.5) is 0 Å². The third-order valence-corrected chi connectivity index (χ3v) is 4.11. The molecule has 2 heterocycles. The van der Waals surface area contributed by atoms with Gasteiger partial charge in [-0.05, 0) is 31.3 Å². The van der Waals surface area contributed by atoms with Crippen molar-refractivity contribution in [3.05, 3.63) is 21.9 Å². The molecule has 0 aliphatic carbocycles. The molecule has 1 aliphatic rings. The second kappa shape index (κ2) is 8.31. The molecular weight excluding hydrogens is 292 g/mol. The minimum Gasteiger partial charge on any atom is -0.379 e. The van der Waals surface area contributed by atoms with Crippen molar-refractivity contribution in [3.63, 3.8) is 0 Å². The van der Waals surface area contributed by atoms with Crippen LogP contribution in [0.25, 0.3) is 0 Å². The predicted molar refractivity (Wildman–Crippen MR) is 87.6 cm³/mol. The van der Waals surface area contributed by atoms with Gasteiger partial charge in [-0.3, -0.25) is 10.3 Å². The third kappa shape index (κ3) is 5.54. The van der Waals surface area contributed by atoms with Gasteiger partial charge >= 0.3 is 0 Å². The molecule has 110 valence electrons. The van der Waals surface area contributed by atoms with Crippen LogP contribution in [0.15, 0.2) is 17.2 Å². The van der Waals surface area contributed by atoms with E-state index < -0.39 is 0 Å². The van der Waals surface area contributed by atoms with Crippen LogP contribution in [0.5, 0.6) is 0 Å². The summed E-state index contributed by atoms with van der Waals surface area (Å²) in [4.78, 5) is 4.75. The normalized spacial score (nSPS) is 16.4. The van der Waals surface area contributed by atoms with E-state index in [1.165, 1.54) is 4.88 Å². The Morgan fingerprint density at radius 1 is 1.50 bits per heavy atom. The van der Waals surface area contributed by atoms with E-state index in [1.807, 2.05) is 6.07 Å². The monoisotopic (exact) mass is 312 g/mol. The van der Waals surface area contributed by atoms with Crippen molar-refractivity contribution in [1.82, 2.24) is 15.6 Å². The number of morpholine rings is 1. The van der Waals surface area contributed by atoms with Gasteiger partial charge < -0.3 is 10.1 Å². The van der Waals surface area contributed by atoms with Crippen molar-refractivity contribution >= 4 is 34.9 Å². The lowest BCUT2D eigenvalue weighted by molar-refractivity contribution is 0.0389. The Balaban J connectivity index is 1.59. The number of nitrogens with zero attached hydrogens (tertiary/aromatic N) is 2. The summed E-state index contributed by atoms with van der Waals surface area (Å²) in [7, 11) is 0. The molecule has 0 aromatic carbocycles. The van der Waals surface area contributed by atoms with Crippen LogP contribution in [-0.4, -0.2) is 55.6 Å². The first-order valence-corrected chi connectivity index (χ1v) is 7.90. The maximum absolute atomic E-state index is 5.31. The first-order valence-electron chi connectivity index (χ1n) is 6.67. The molecule has 1 aromatic heterocycles. The van der Waals surface area contributed by atoms with Gasteiger partial charge in [-0.1, -0.05) is 0 Å². The molecule has 1 saturated heterocycles. The summed E-state index contributed by atoms with van der Waals surface area (Å²) in [6, 6.07) is 4.12. The zero-order chi connectivity index (χ0) is 14.2. The van der Waals surface area contributed by atoms with Crippen molar-refractivity contribution in [2.24, 2.45) is 5.10 Å². The van der Waals surface area contributed by atoms with E-state index in [9.17, 15) is 0 Å². The number of ether oxygens (including phenoxy) is 1. The molecule has 0 saturated carbocycles. The lowest BCUT2D eigenvalue weighted by Crippen LogP contribution is -2.42. The lowest BCUT2D eigenvalue weighted by Gasteiger charge is -2.26. The Labute approximate surface area is 129 Å². The van der Waals surface area contributed by atoms with Gasteiger partial charge in [0, 0.05) is 35.9 Å². The van der Waals surface area contributed by atoms with Gasteiger partial charge in [-0.2, -0.15) is 5.10 Å². The zero-order valence-electron chi connectivity index (χ0n) is 11.6. The predicted octanol–water partition coefficient (Wildman–Crippen LogP) is 1.19. The van der Waals surface area contributed by atoms with E-state index in [0.717, 1.165) is 44.3 Å². The summed E-state index contributed by atoms with van der Waals surface area (Å²) in [6.45, 7) is 7.52. The second-order valence-electron chi connectivity index (χ2n) is 4.53. The standard InChI is InChI=1S/C13H20N4OS2/c1-11-2-3-12(20-11)10-15-16-13(19)14-4-5-17-6-8-18-9-7-17/h2-3,10H,4-9H2,1H3,(H2,14,16,19)/b15-10-. The maximum atomic E-state index is 5.31. The van der Waals surface area contributed by atoms with E-state index in [2.05, 4.69) is 33.7 Å². The largest absolute Gasteiger partial charge is 0.379 e. The van der Waals surface area contributed by atoms with Gasteiger partial charge in [0.2, 0.25) is 0 Å². The summed E-state index contributed by atoms with van der Waals surface area (Å²) in [6.07, 6.45) is 1.79. The number of aryl methyl sites for hydroxylation is 1.